The lowest BCUT2D eigenvalue weighted by Gasteiger charge is -2.17. The van der Waals surface area contributed by atoms with Gasteiger partial charge in [-0.3, -0.25) is 9.79 Å². The van der Waals surface area contributed by atoms with Gasteiger partial charge in [-0.15, -0.1) is 24.0 Å². The molecule has 1 aromatic rings. The number of carbonyl (C=O) groups excluding carboxylic acids is 1. The van der Waals surface area contributed by atoms with Gasteiger partial charge in [0.1, 0.15) is 17.6 Å². The molecule has 2 rings (SSSR count). The van der Waals surface area contributed by atoms with Crippen molar-refractivity contribution in [1.82, 2.24) is 10.6 Å². The highest BCUT2D eigenvalue weighted by Gasteiger charge is 2.22. The lowest BCUT2D eigenvalue weighted by molar-refractivity contribution is -0.144. The molecule has 2 N–H and O–H groups in total. The molecule has 0 saturated carbocycles. The van der Waals surface area contributed by atoms with E-state index in [-0.39, 0.29) is 42.0 Å². The minimum Gasteiger partial charge on any atom is -0.494 e. The number of hydrogen-bond acceptors (Lipinski definition) is 5. The van der Waals surface area contributed by atoms with Crippen LogP contribution in [0.2, 0.25) is 0 Å². The summed E-state index contributed by atoms with van der Waals surface area (Å²) in [7, 11) is 3.08. The average Bonchev–Trinajstić information content (AvgIpc) is 2.99. The van der Waals surface area contributed by atoms with Gasteiger partial charge in [-0.2, -0.15) is 0 Å². The van der Waals surface area contributed by atoms with E-state index in [1.807, 2.05) is 13.0 Å². The molecule has 7 nitrogen and oxygen atoms in total. The van der Waals surface area contributed by atoms with Crippen LogP contribution in [0, 0.1) is 5.92 Å². The van der Waals surface area contributed by atoms with E-state index in [0.29, 0.717) is 25.7 Å². The Morgan fingerprint density at radius 1 is 1.41 bits per heavy atom. The zero-order chi connectivity index (χ0) is 19.1. The van der Waals surface area contributed by atoms with E-state index in [9.17, 15) is 4.79 Å². The molecule has 1 aromatic carbocycles. The van der Waals surface area contributed by atoms with Gasteiger partial charge in [-0.25, -0.2) is 0 Å². The number of guanidine groups is 1. The summed E-state index contributed by atoms with van der Waals surface area (Å²) in [6.07, 6.45) is 1.09. The summed E-state index contributed by atoms with van der Waals surface area (Å²) in [6.45, 7) is 7.41. The Kier molecular flexibility index (Phi) is 9.68. The van der Waals surface area contributed by atoms with Crippen molar-refractivity contribution in [3.05, 3.63) is 23.3 Å². The maximum Gasteiger partial charge on any atom is 0.310 e. The van der Waals surface area contributed by atoms with Crippen molar-refractivity contribution in [2.45, 2.75) is 39.8 Å². The highest BCUT2D eigenvalue weighted by Crippen LogP contribution is 2.35. The number of nitrogens with one attached hydrogen (secondary N) is 2. The molecule has 0 aromatic heterocycles. The summed E-state index contributed by atoms with van der Waals surface area (Å²) in [5, 5.41) is 6.38. The van der Waals surface area contributed by atoms with Crippen LogP contribution in [0.4, 0.5) is 0 Å². The molecule has 1 aliphatic heterocycles. The van der Waals surface area contributed by atoms with Crippen LogP contribution in [0.1, 0.15) is 31.9 Å². The Hall–Kier alpha value is -1.71. The van der Waals surface area contributed by atoms with Crippen LogP contribution < -0.4 is 20.1 Å². The van der Waals surface area contributed by atoms with Crippen LogP contribution in [0.3, 0.4) is 0 Å². The lowest BCUT2D eigenvalue weighted by Crippen LogP contribution is -2.40. The second-order valence-corrected chi connectivity index (χ2v) is 6.36. The van der Waals surface area contributed by atoms with Crippen molar-refractivity contribution in [3.8, 4) is 11.5 Å². The number of rotatable bonds is 7. The number of carbonyl (C=O) groups is 1. The van der Waals surface area contributed by atoms with Crippen molar-refractivity contribution >= 4 is 35.9 Å². The number of halogens is 1. The topological polar surface area (TPSA) is 81.2 Å². The number of aliphatic imine (C=N–C) groups is 1. The first-order valence-corrected chi connectivity index (χ1v) is 8.96. The first-order valence-electron chi connectivity index (χ1n) is 8.96. The third kappa shape index (κ3) is 6.44. The van der Waals surface area contributed by atoms with E-state index >= 15 is 0 Å². The standard InChI is InChI=1S/C19H29N3O4.HI/c1-6-25-16-8-14-7-13(3)26-17(14)9-15(16)11-22-19(20-4)21-10-12(2)18(23)24-5;/h8-9,12-13H,6-7,10-11H2,1-5H3,(H2,20,21,22);1H. The van der Waals surface area contributed by atoms with E-state index in [2.05, 4.69) is 28.6 Å². The number of esters is 1. The smallest absolute Gasteiger partial charge is 0.310 e. The second-order valence-electron chi connectivity index (χ2n) is 6.36. The molecule has 1 heterocycles. The second kappa shape index (κ2) is 11.2. The van der Waals surface area contributed by atoms with E-state index < -0.39 is 0 Å². The Balaban J connectivity index is 0.00000364. The minimum absolute atomic E-state index is 0. The highest BCUT2D eigenvalue weighted by molar-refractivity contribution is 14.0. The Morgan fingerprint density at radius 3 is 2.78 bits per heavy atom. The van der Waals surface area contributed by atoms with Gasteiger partial charge in [0.05, 0.1) is 19.6 Å². The predicted octanol–water partition coefficient (Wildman–Crippen LogP) is 2.50. The summed E-state index contributed by atoms with van der Waals surface area (Å²) in [4.78, 5) is 15.7. The molecule has 2 atom stereocenters. The maximum absolute atomic E-state index is 11.5. The van der Waals surface area contributed by atoms with Gasteiger partial charge in [-0.05, 0) is 26.0 Å². The number of ether oxygens (including phenoxy) is 3. The van der Waals surface area contributed by atoms with Gasteiger partial charge >= 0.3 is 5.97 Å². The zero-order valence-electron chi connectivity index (χ0n) is 16.6. The van der Waals surface area contributed by atoms with E-state index in [1.165, 1.54) is 12.7 Å². The Bertz CT molecular complexity index is 667. The van der Waals surface area contributed by atoms with Crippen LogP contribution in [-0.4, -0.2) is 45.3 Å². The number of nitrogens with zero attached hydrogens (tertiary/aromatic N) is 1. The molecular formula is C19H30IN3O4. The normalized spacial score (nSPS) is 16.5. The van der Waals surface area contributed by atoms with Crippen LogP contribution in [0.15, 0.2) is 17.1 Å². The van der Waals surface area contributed by atoms with Gasteiger partial charge < -0.3 is 24.8 Å². The van der Waals surface area contributed by atoms with Crippen molar-refractivity contribution < 1.29 is 19.0 Å². The molecule has 2 unspecified atom stereocenters. The molecule has 152 valence electrons. The fraction of sp³-hybridized carbons (Fsp3) is 0.579. The molecule has 0 fully saturated rings. The summed E-state index contributed by atoms with van der Waals surface area (Å²) >= 11 is 0. The average molecular weight is 491 g/mol. The third-order valence-corrected chi connectivity index (χ3v) is 4.23. The van der Waals surface area contributed by atoms with Crippen molar-refractivity contribution in [2.24, 2.45) is 10.9 Å². The van der Waals surface area contributed by atoms with Gasteiger partial charge in [0.25, 0.3) is 0 Å². The van der Waals surface area contributed by atoms with Crippen molar-refractivity contribution in [2.75, 3.05) is 27.3 Å². The van der Waals surface area contributed by atoms with Crippen LogP contribution in [-0.2, 0) is 22.5 Å². The number of benzene rings is 1. The minimum atomic E-state index is -0.257. The van der Waals surface area contributed by atoms with Crippen molar-refractivity contribution in [3.63, 3.8) is 0 Å². The fourth-order valence-electron chi connectivity index (χ4n) is 2.84. The largest absolute Gasteiger partial charge is 0.494 e. The Labute approximate surface area is 178 Å². The first-order chi connectivity index (χ1) is 12.5. The quantitative estimate of drug-likeness (QED) is 0.264. The summed E-state index contributed by atoms with van der Waals surface area (Å²) < 4.78 is 16.4. The molecule has 0 radical (unpaired) electrons. The third-order valence-electron chi connectivity index (χ3n) is 4.23. The van der Waals surface area contributed by atoms with Gasteiger partial charge in [-0.1, -0.05) is 6.92 Å². The predicted molar refractivity (Wildman–Crippen MR) is 116 cm³/mol. The monoisotopic (exact) mass is 491 g/mol. The molecule has 0 spiro atoms. The first kappa shape index (κ1) is 23.3. The van der Waals surface area contributed by atoms with Gasteiger partial charge in [0, 0.05) is 37.7 Å². The number of fused-ring (bicyclic) bond motifs is 1. The highest BCUT2D eigenvalue weighted by atomic mass is 127. The summed E-state index contributed by atoms with van der Waals surface area (Å²) in [5.41, 5.74) is 2.18. The number of methoxy groups -OCH3 is 1. The molecule has 0 bridgehead atoms. The fourth-order valence-corrected chi connectivity index (χ4v) is 2.84. The molecule has 0 saturated heterocycles. The molecule has 0 amide bonds. The SMILES string of the molecule is CCOc1cc2c(cc1CNC(=NC)NCC(C)C(=O)OC)OC(C)C2.I. The van der Waals surface area contributed by atoms with Crippen LogP contribution in [0.5, 0.6) is 11.5 Å². The van der Waals surface area contributed by atoms with E-state index in [4.69, 9.17) is 14.2 Å². The molecule has 0 aliphatic carbocycles. The molecule has 27 heavy (non-hydrogen) atoms. The van der Waals surface area contributed by atoms with Crippen LogP contribution >= 0.6 is 24.0 Å². The van der Waals surface area contributed by atoms with Crippen molar-refractivity contribution in [1.29, 1.82) is 0 Å². The van der Waals surface area contributed by atoms with E-state index in [0.717, 1.165) is 23.5 Å². The summed E-state index contributed by atoms with van der Waals surface area (Å²) in [5.74, 6) is 1.87. The molecule has 8 heteroatoms. The lowest BCUT2D eigenvalue weighted by atomic mass is 10.1. The molecule has 1 aliphatic rings. The van der Waals surface area contributed by atoms with Gasteiger partial charge in [0.2, 0.25) is 0 Å². The maximum atomic E-state index is 11.5. The summed E-state index contributed by atoms with van der Waals surface area (Å²) in [6, 6.07) is 4.09. The van der Waals surface area contributed by atoms with E-state index in [1.54, 1.807) is 14.0 Å². The van der Waals surface area contributed by atoms with Crippen LogP contribution in [0.25, 0.3) is 0 Å². The number of hydrogen-bond donors (Lipinski definition) is 2. The molecular weight excluding hydrogens is 461 g/mol. The Morgan fingerprint density at radius 2 is 2.15 bits per heavy atom. The van der Waals surface area contributed by atoms with Gasteiger partial charge in [0.15, 0.2) is 5.96 Å². The zero-order valence-corrected chi connectivity index (χ0v) is 19.0.